The highest BCUT2D eigenvalue weighted by atomic mass is 32.1. The summed E-state index contributed by atoms with van der Waals surface area (Å²) in [5.74, 6) is 2.66. The molecule has 144 valence electrons. The van der Waals surface area contributed by atoms with Gasteiger partial charge >= 0.3 is 0 Å². The van der Waals surface area contributed by atoms with Crippen LogP contribution in [0.3, 0.4) is 0 Å². The summed E-state index contributed by atoms with van der Waals surface area (Å²) in [7, 11) is 0. The Morgan fingerprint density at radius 3 is 2.59 bits per heavy atom. The van der Waals surface area contributed by atoms with Crippen molar-refractivity contribution in [2.45, 2.75) is 39.8 Å². The van der Waals surface area contributed by atoms with E-state index in [1.54, 1.807) is 0 Å². The lowest BCUT2D eigenvalue weighted by Crippen LogP contribution is -2.28. The van der Waals surface area contributed by atoms with Gasteiger partial charge in [-0.1, -0.05) is 0 Å². The van der Waals surface area contributed by atoms with E-state index in [1.165, 1.54) is 5.56 Å². The van der Waals surface area contributed by atoms with E-state index in [0.717, 1.165) is 34.9 Å². The highest BCUT2D eigenvalue weighted by molar-refractivity contribution is 7.80. The van der Waals surface area contributed by atoms with Crippen LogP contribution in [0.2, 0.25) is 0 Å². The van der Waals surface area contributed by atoms with Crippen molar-refractivity contribution in [1.82, 2.24) is 5.32 Å². The Bertz CT molecular complexity index is 793. The second kappa shape index (κ2) is 8.95. The number of anilines is 1. The van der Waals surface area contributed by atoms with Gasteiger partial charge in [-0.2, -0.15) is 0 Å². The number of hydrogen-bond acceptors (Lipinski definition) is 4. The average molecular weight is 387 g/mol. The number of nitrogens with one attached hydrogen (secondary N) is 2. The SMILES string of the molecule is CCOc1ccc(NC(=S)NCc2cc3c(cc2OCC)C[C@@H](C)O3)cc1. The van der Waals surface area contributed by atoms with Crippen molar-refractivity contribution in [1.29, 1.82) is 0 Å². The van der Waals surface area contributed by atoms with Gasteiger partial charge in [-0.15, -0.1) is 0 Å². The van der Waals surface area contributed by atoms with Crippen LogP contribution in [-0.4, -0.2) is 24.4 Å². The van der Waals surface area contributed by atoms with E-state index in [2.05, 4.69) is 29.7 Å². The monoisotopic (exact) mass is 386 g/mol. The zero-order chi connectivity index (χ0) is 19.2. The standard InChI is InChI=1S/C21H26N2O3S/c1-4-24-18-8-6-17(7-9-18)23-21(27)22-13-16-12-20-15(10-14(3)26-20)11-19(16)25-5-2/h6-9,11-12,14H,4-5,10,13H2,1-3H3,(H2,22,23,27)/t14-/m1/s1. The maximum atomic E-state index is 5.87. The second-order valence-corrected chi connectivity index (χ2v) is 6.81. The van der Waals surface area contributed by atoms with Gasteiger partial charge in [0.25, 0.3) is 0 Å². The predicted molar refractivity (Wildman–Crippen MR) is 112 cm³/mol. The molecule has 0 radical (unpaired) electrons. The first-order chi connectivity index (χ1) is 13.1. The van der Waals surface area contributed by atoms with E-state index in [4.69, 9.17) is 26.4 Å². The minimum absolute atomic E-state index is 0.208. The Hall–Kier alpha value is -2.47. The molecule has 0 amide bonds. The lowest BCUT2D eigenvalue weighted by molar-refractivity contribution is 0.254. The molecule has 2 N–H and O–H groups in total. The highest BCUT2D eigenvalue weighted by Gasteiger charge is 2.21. The van der Waals surface area contributed by atoms with Gasteiger partial charge in [-0.3, -0.25) is 0 Å². The molecule has 0 fully saturated rings. The maximum absolute atomic E-state index is 5.87. The van der Waals surface area contributed by atoms with Crippen molar-refractivity contribution < 1.29 is 14.2 Å². The number of benzene rings is 2. The number of hydrogen-bond donors (Lipinski definition) is 2. The molecule has 1 heterocycles. The van der Waals surface area contributed by atoms with Gasteiger partial charge in [-0.25, -0.2) is 0 Å². The molecule has 0 bridgehead atoms. The molecule has 27 heavy (non-hydrogen) atoms. The molecule has 0 aromatic heterocycles. The van der Waals surface area contributed by atoms with E-state index >= 15 is 0 Å². The molecule has 5 nitrogen and oxygen atoms in total. The summed E-state index contributed by atoms with van der Waals surface area (Å²) in [6, 6.07) is 11.9. The van der Waals surface area contributed by atoms with Gasteiger partial charge < -0.3 is 24.8 Å². The fourth-order valence-corrected chi connectivity index (χ4v) is 3.25. The quantitative estimate of drug-likeness (QED) is 0.692. The number of ether oxygens (including phenoxy) is 3. The Balaban J connectivity index is 1.62. The number of fused-ring (bicyclic) bond motifs is 1. The maximum Gasteiger partial charge on any atom is 0.171 e. The van der Waals surface area contributed by atoms with Crippen LogP contribution in [0.25, 0.3) is 0 Å². The van der Waals surface area contributed by atoms with Gasteiger partial charge in [0.1, 0.15) is 23.4 Å². The van der Waals surface area contributed by atoms with E-state index in [9.17, 15) is 0 Å². The summed E-state index contributed by atoms with van der Waals surface area (Å²) >= 11 is 5.42. The van der Waals surface area contributed by atoms with Gasteiger partial charge in [0, 0.05) is 29.8 Å². The molecule has 0 spiro atoms. The van der Waals surface area contributed by atoms with Crippen LogP contribution in [0.4, 0.5) is 5.69 Å². The normalized spacial score (nSPS) is 14.9. The molecule has 3 rings (SSSR count). The molecule has 1 aliphatic rings. The molecule has 1 aliphatic heterocycles. The zero-order valence-electron chi connectivity index (χ0n) is 16.0. The summed E-state index contributed by atoms with van der Waals surface area (Å²) in [4.78, 5) is 0. The van der Waals surface area contributed by atoms with Crippen molar-refractivity contribution in [3.8, 4) is 17.2 Å². The molecule has 0 saturated carbocycles. The first-order valence-electron chi connectivity index (χ1n) is 9.32. The van der Waals surface area contributed by atoms with E-state index in [0.29, 0.717) is 24.9 Å². The van der Waals surface area contributed by atoms with Crippen LogP contribution in [0.15, 0.2) is 36.4 Å². The molecule has 6 heteroatoms. The Morgan fingerprint density at radius 1 is 1.15 bits per heavy atom. The zero-order valence-corrected chi connectivity index (χ0v) is 16.8. The fraction of sp³-hybridized carbons (Fsp3) is 0.381. The van der Waals surface area contributed by atoms with Crippen LogP contribution in [0.5, 0.6) is 17.2 Å². The molecular formula is C21H26N2O3S. The summed E-state index contributed by atoms with van der Waals surface area (Å²) in [5, 5.41) is 6.98. The topological polar surface area (TPSA) is 51.8 Å². The van der Waals surface area contributed by atoms with Crippen LogP contribution in [0, 0.1) is 0 Å². The molecule has 2 aromatic carbocycles. The number of rotatable bonds is 7. The van der Waals surface area contributed by atoms with Crippen molar-refractivity contribution in [2.75, 3.05) is 18.5 Å². The summed E-state index contributed by atoms with van der Waals surface area (Å²) in [5.41, 5.74) is 3.14. The summed E-state index contributed by atoms with van der Waals surface area (Å²) in [6.07, 6.45) is 1.13. The first-order valence-corrected chi connectivity index (χ1v) is 9.72. The fourth-order valence-electron chi connectivity index (χ4n) is 3.06. The summed E-state index contributed by atoms with van der Waals surface area (Å²) < 4.78 is 17.1. The van der Waals surface area contributed by atoms with Gasteiger partial charge in [-0.05, 0) is 69.4 Å². The third-order valence-corrected chi connectivity index (χ3v) is 4.49. The Kier molecular flexibility index (Phi) is 6.40. The summed E-state index contributed by atoms with van der Waals surface area (Å²) in [6.45, 7) is 7.86. The molecule has 0 unspecified atom stereocenters. The van der Waals surface area contributed by atoms with Crippen molar-refractivity contribution in [3.63, 3.8) is 0 Å². The van der Waals surface area contributed by atoms with Crippen LogP contribution < -0.4 is 24.8 Å². The van der Waals surface area contributed by atoms with Crippen molar-refractivity contribution in [2.24, 2.45) is 0 Å². The first kappa shape index (κ1) is 19.3. The molecular weight excluding hydrogens is 360 g/mol. The third kappa shape index (κ3) is 5.04. The van der Waals surface area contributed by atoms with Crippen molar-refractivity contribution in [3.05, 3.63) is 47.5 Å². The Morgan fingerprint density at radius 2 is 1.89 bits per heavy atom. The Labute approximate surface area is 166 Å². The third-order valence-electron chi connectivity index (χ3n) is 4.24. The second-order valence-electron chi connectivity index (χ2n) is 6.40. The predicted octanol–water partition coefficient (Wildman–Crippen LogP) is 4.29. The lowest BCUT2D eigenvalue weighted by atomic mass is 10.1. The van der Waals surface area contributed by atoms with E-state index in [-0.39, 0.29) is 6.10 Å². The van der Waals surface area contributed by atoms with Crippen molar-refractivity contribution >= 4 is 23.0 Å². The van der Waals surface area contributed by atoms with Gasteiger partial charge in [0.2, 0.25) is 0 Å². The molecule has 2 aromatic rings. The van der Waals surface area contributed by atoms with Crippen LogP contribution in [0.1, 0.15) is 31.9 Å². The minimum Gasteiger partial charge on any atom is -0.494 e. The molecule has 0 aliphatic carbocycles. The van der Waals surface area contributed by atoms with E-state index < -0.39 is 0 Å². The molecule has 0 saturated heterocycles. The lowest BCUT2D eigenvalue weighted by Gasteiger charge is -2.15. The van der Waals surface area contributed by atoms with Crippen LogP contribution >= 0.6 is 12.2 Å². The smallest absolute Gasteiger partial charge is 0.171 e. The number of thiocarbonyl (C=S) groups is 1. The minimum atomic E-state index is 0.208. The average Bonchev–Trinajstić information content (AvgIpc) is 3.01. The van der Waals surface area contributed by atoms with Crippen LogP contribution in [-0.2, 0) is 13.0 Å². The highest BCUT2D eigenvalue weighted by Crippen LogP contribution is 2.35. The molecule has 1 atom stereocenters. The van der Waals surface area contributed by atoms with Gasteiger partial charge in [0.15, 0.2) is 5.11 Å². The van der Waals surface area contributed by atoms with Gasteiger partial charge in [0.05, 0.1) is 13.2 Å². The largest absolute Gasteiger partial charge is 0.494 e. The van der Waals surface area contributed by atoms with E-state index in [1.807, 2.05) is 38.1 Å².